The molecule has 0 fully saturated rings. The minimum atomic E-state index is -4.80. The van der Waals surface area contributed by atoms with Crippen LogP contribution >= 0.6 is 95.4 Å². The van der Waals surface area contributed by atoms with Gasteiger partial charge < -0.3 is 92.3 Å². The number of halogens is 13. The smallest absolute Gasteiger partial charge is 1.00 e. The number of alkyl halides is 6. The topological polar surface area (TPSA) is 410 Å². The third-order valence-corrected chi connectivity index (χ3v) is 19.1. The van der Waals surface area contributed by atoms with E-state index in [9.17, 15) is 26.3 Å². The van der Waals surface area contributed by atoms with Crippen molar-refractivity contribution in [1.82, 2.24) is 81.0 Å². The van der Waals surface area contributed by atoms with Crippen LogP contribution in [0.15, 0.2) is 91.7 Å². The van der Waals surface area contributed by atoms with Gasteiger partial charge in [0.05, 0.1) is 79.7 Å². The van der Waals surface area contributed by atoms with E-state index in [2.05, 4.69) is 256 Å². The predicted molar refractivity (Wildman–Crippen MR) is 487 cm³/mol. The summed E-state index contributed by atoms with van der Waals surface area (Å²) in [5.74, 6) is 2.80. The predicted octanol–water partition coefficient (Wildman–Crippen LogP) is 16.8. The molecule has 0 amide bonds. The van der Waals surface area contributed by atoms with Crippen LogP contribution in [0.1, 0.15) is 189 Å². The third kappa shape index (κ3) is 47.6. The molecular formula is C75H113B2Br4Cl3F6MgN23O6S. The SMILES string of the molecule is CCC(CC)Nc1cncc(C)n1.CCC(CC)Nc1cncc(Cl)n1.CCC(CC)Nc1nc(C)c(Br)nc1Br.CCC(CC)Nc1nc(C)c(Br)nc1N.CCC(CC)n1nnc2nc(-c3ccc(OC(F)(F)F)cc3OC)c(C)nc21.CCC(N)CC.COc1cc(OC(F)(F)F)ccc1B(O)O.Clc1cncc(Cl)n1.N.[B]=NS.[Br-].[CH3-].[Mg+2]. The van der Waals surface area contributed by atoms with E-state index in [0.717, 1.165) is 145 Å². The van der Waals surface area contributed by atoms with Gasteiger partial charge in [-0.15, -0.1) is 31.4 Å². The zero-order chi connectivity index (χ0) is 88.7. The zero-order valence-corrected chi connectivity index (χ0v) is 82.6. The van der Waals surface area contributed by atoms with E-state index in [1.54, 1.807) is 30.2 Å². The van der Waals surface area contributed by atoms with E-state index < -0.39 is 25.6 Å². The fraction of sp³-hybridized carbons (Fsp3) is 0.507. The number of hydrogen-bond acceptors (Lipinski definition) is 29. The summed E-state index contributed by atoms with van der Waals surface area (Å²) in [6, 6.07) is 9.20. The van der Waals surface area contributed by atoms with Gasteiger partial charge >= 0.3 is 67.7 Å². The number of aryl methyl sites for hydroxylation is 4. The second-order valence-corrected chi connectivity index (χ2v) is 28.5. The number of ether oxygens (including phenoxy) is 4. The van der Waals surface area contributed by atoms with Gasteiger partial charge in [0.25, 0.3) is 0 Å². The molecule has 0 spiro atoms. The van der Waals surface area contributed by atoms with Gasteiger partial charge in [0.15, 0.2) is 23.1 Å². The summed E-state index contributed by atoms with van der Waals surface area (Å²) in [5, 5.41) is 40.4. The number of methoxy groups -OCH3 is 2. The molecule has 0 unspecified atom stereocenters. The maximum atomic E-state index is 12.5. The largest absolute Gasteiger partial charge is 2.00 e. The number of nitrogens with one attached hydrogen (secondary N) is 4. The second kappa shape index (κ2) is 65.4. The fourth-order valence-corrected chi connectivity index (χ4v) is 11.3. The Labute approximate surface area is 781 Å². The van der Waals surface area contributed by atoms with E-state index in [-0.39, 0.29) is 82.4 Å². The van der Waals surface area contributed by atoms with Crippen LogP contribution in [0.5, 0.6) is 23.0 Å². The van der Waals surface area contributed by atoms with Gasteiger partial charge in [-0.25, -0.2) is 49.5 Å². The molecule has 2 aromatic carbocycles. The van der Waals surface area contributed by atoms with Crippen molar-refractivity contribution in [1.29, 1.82) is 0 Å². The quantitative estimate of drug-likeness (QED) is 0.00989. The average Bonchev–Trinajstić information content (AvgIpc) is 1.68. The minimum absolute atomic E-state index is 0. The van der Waals surface area contributed by atoms with Crippen LogP contribution in [-0.2, 0) is 0 Å². The van der Waals surface area contributed by atoms with Crippen LogP contribution < -0.4 is 80.3 Å². The Bertz CT molecular complexity index is 4200. The van der Waals surface area contributed by atoms with Crippen molar-refractivity contribution in [3.05, 3.63) is 133 Å². The molecule has 13 N–H and O–H groups in total. The third-order valence-electron chi connectivity index (χ3n) is 16.5. The number of hydrogen-bond donors (Lipinski definition) is 10. The molecule has 9 aromatic rings. The van der Waals surface area contributed by atoms with Crippen molar-refractivity contribution in [3.8, 4) is 34.3 Å². The molecule has 7 heterocycles. The molecule has 0 aliphatic rings. The summed E-state index contributed by atoms with van der Waals surface area (Å²) < 4.78 is 97.2. The van der Waals surface area contributed by atoms with E-state index >= 15 is 0 Å². The summed E-state index contributed by atoms with van der Waals surface area (Å²) in [6.07, 6.45) is 12.6. The monoisotopic (exact) mass is 2040 g/mol. The molecule has 7 aromatic heterocycles. The average molecular weight is 2050 g/mol. The van der Waals surface area contributed by atoms with E-state index in [0.29, 0.717) is 90.2 Å². The molecule has 0 saturated heterocycles. The molecule has 0 bridgehead atoms. The van der Waals surface area contributed by atoms with Crippen molar-refractivity contribution in [2.24, 2.45) is 10.0 Å². The van der Waals surface area contributed by atoms with Crippen molar-refractivity contribution in [2.45, 2.75) is 237 Å². The van der Waals surface area contributed by atoms with E-state index in [1.807, 2.05) is 20.8 Å². The number of nitrogens with two attached hydrogens (primary N) is 2. The van der Waals surface area contributed by atoms with E-state index in [1.165, 1.54) is 44.9 Å². The fourth-order valence-electron chi connectivity index (χ4n) is 9.67. The van der Waals surface area contributed by atoms with Crippen LogP contribution in [0.4, 0.5) is 55.4 Å². The number of nitrogens with zero attached hydrogens (tertiary/aromatic N) is 16. The summed E-state index contributed by atoms with van der Waals surface area (Å²) in [6.45, 7) is 33.1. The number of fused-ring (bicyclic) bond motifs is 1. The number of rotatable bonds is 27. The molecule has 29 nitrogen and oxygen atoms in total. The molecular weight excluding hydrogens is 1940 g/mol. The number of nitrogen functional groups attached to an aromatic ring is 1. The van der Waals surface area contributed by atoms with Crippen LogP contribution in [0.2, 0.25) is 15.5 Å². The van der Waals surface area contributed by atoms with Crippen molar-refractivity contribution in [3.63, 3.8) is 0 Å². The first-order valence-corrected chi connectivity index (χ1v) is 41.3. The van der Waals surface area contributed by atoms with Crippen LogP contribution in [0.25, 0.3) is 22.6 Å². The van der Waals surface area contributed by atoms with Gasteiger partial charge in [-0.3, -0.25) is 15.0 Å². The molecule has 46 heteroatoms. The molecule has 121 heavy (non-hydrogen) atoms. The van der Waals surface area contributed by atoms with Crippen LogP contribution in [-0.4, -0.2) is 180 Å². The maximum Gasteiger partial charge on any atom is 2.00 e. The van der Waals surface area contributed by atoms with Gasteiger partial charge in [0, 0.05) is 59.6 Å². The summed E-state index contributed by atoms with van der Waals surface area (Å²) in [5.41, 5.74) is 16.4. The van der Waals surface area contributed by atoms with Gasteiger partial charge in [-0.05, 0) is 171 Å². The van der Waals surface area contributed by atoms with Crippen molar-refractivity contribution < 1.29 is 72.3 Å². The summed E-state index contributed by atoms with van der Waals surface area (Å²) >= 11 is 29.7. The number of benzene rings is 2. The Morgan fingerprint density at radius 3 is 1.35 bits per heavy atom. The van der Waals surface area contributed by atoms with Gasteiger partial charge in [0.2, 0.25) is 5.65 Å². The molecule has 0 atom stereocenters. The zero-order valence-electron chi connectivity index (χ0n) is 71.6. The first-order chi connectivity index (χ1) is 55.3. The van der Waals surface area contributed by atoms with Gasteiger partial charge in [-0.2, -0.15) is 0 Å². The molecule has 0 saturated carbocycles. The normalized spacial score (nSPS) is 10.4. The van der Waals surface area contributed by atoms with Gasteiger partial charge in [-0.1, -0.05) is 129 Å². The first kappa shape index (κ1) is 121. The molecule has 0 aliphatic carbocycles. The Balaban J connectivity index is -0.000000661. The van der Waals surface area contributed by atoms with Crippen LogP contribution in [0.3, 0.4) is 0 Å². The second-order valence-electron chi connectivity index (χ2n) is 24.9. The minimum Gasteiger partial charge on any atom is -1.00 e. The van der Waals surface area contributed by atoms with Gasteiger partial charge in [0.1, 0.15) is 63.9 Å². The Kier molecular flexibility index (Phi) is 65.4. The standard InChI is InChI=1S/C18H20F3N5O2.C10H15Br2N3.C10H17BrN4.C10H17N3.C9H14ClN3.C8H8BF3O4.C5H13N.C4H2Cl2N2.CH3.BHNS.BrH.Mg.H3N/c1-5-11(6-2)26-17-16(24-25-26)23-15(10(3)22-17)13-8-7-12(9-14(13)27-4)28-18(19,20)21;2*1-4-7(5-2)14-10-9(12)15-8(11)6(3)13-10;1-4-9(5-2)13-10-7-11-6-8(3)12-10;1-3-7(4-2)12-9-6-11-5-8(10)13-9;1-15-7-4-5(16-8(10,11)12)2-3-6(7)9(13)14;1-3-5(6)4-2;5-3-1-7-2-4(6)8-3;;1-2-3;;;/h7-9,11H,5-6H2,1-4H3;7H,4-5H2,1-3H3,(H,13,14);7H,4-5H2,1-3H3,(H2,12,15)(H,13,14);6-7,9H,4-5H2,1-3H3,(H,12,13);5-7H,3-4H2,1-2H3,(H,12,13);2-4,13-14H,1H3;5H,3-4,6H2,1-2H3;1-2H;1H3;3H;1H;;1H3/q;;;;;;;;-1;;;+2;/p-1. The number of thiol groups is 1. The molecule has 9 rings (SSSR count). The number of anilines is 5. The Morgan fingerprint density at radius 1 is 0.545 bits per heavy atom. The van der Waals surface area contributed by atoms with Crippen LogP contribution in [0, 0.1) is 35.1 Å². The first-order valence-electron chi connectivity index (χ1n) is 37.4. The molecule has 669 valence electrons. The summed E-state index contributed by atoms with van der Waals surface area (Å²) in [4.78, 5) is 50.2. The Morgan fingerprint density at radius 2 is 0.950 bits per heavy atom. The van der Waals surface area contributed by atoms with E-state index in [4.69, 9.17) is 65.8 Å². The number of aromatic nitrogens is 15. The van der Waals surface area contributed by atoms with Crippen molar-refractivity contribution in [2.75, 3.05) is 41.2 Å². The Hall–Kier alpha value is -6.22. The van der Waals surface area contributed by atoms with Crippen molar-refractivity contribution >= 4 is 179 Å². The maximum absolute atomic E-state index is 12.5. The molecule has 0 aliphatic heterocycles. The summed E-state index contributed by atoms with van der Waals surface area (Å²) in [7, 11) is 5.07. The molecule has 1 radical (unpaired) electrons.